The zero-order valence-corrected chi connectivity index (χ0v) is 16.4. The monoisotopic (exact) mass is 388 g/mol. The maximum Gasteiger partial charge on any atom is 0.228 e. The highest BCUT2D eigenvalue weighted by Crippen LogP contribution is 2.44. The molecule has 1 aromatic carbocycles. The van der Waals surface area contributed by atoms with Crippen LogP contribution in [-0.4, -0.2) is 48.8 Å². The highest BCUT2D eigenvalue weighted by atomic mass is 16.2. The van der Waals surface area contributed by atoms with Crippen LogP contribution in [-0.2, 0) is 4.79 Å². The van der Waals surface area contributed by atoms with Gasteiger partial charge in [0.1, 0.15) is 5.65 Å². The van der Waals surface area contributed by atoms with Crippen molar-refractivity contribution in [2.45, 2.75) is 12.8 Å². The Morgan fingerprint density at radius 3 is 2.97 bits per heavy atom. The molecule has 1 atom stereocenters. The Balaban J connectivity index is 1.64. The van der Waals surface area contributed by atoms with Gasteiger partial charge in [-0.3, -0.25) is 4.79 Å². The third kappa shape index (κ3) is 2.68. The quantitative estimate of drug-likeness (QED) is 0.517. The Kier molecular flexibility index (Phi) is 4.04. The van der Waals surface area contributed by atoms with E-state index in [9.17, 15) is 4.79 Å². The molecular weight excluding hydrogens is 364 g/mol. The van der Waals surface area contributed by atoms with Gasteiger partial charge in [-0.05, 0) is 36.6 Å². The topological polar surface area (TPSA) is 96.9 Å². The minimum Gasteiger partial charge on any atom is -0.388 e. The molecule has 1 unspecified atom stereocenters. The van der Waals surface area contributed by atoms with Gasteiger partial charge >= 0.3 is 0 Å². The van der Waals surface area contributed by atoms with Crippen LogP contribution in [0.1, 0.15) is 18.4 Å². The van der Waals surface area contributed by atoms with Gasteiger partial charge in [-0.1, -0.05) is 6.07 Å². The molecule has 4 heterocycles. The number of hydrogen-bond donors (Lipinski definition) is 4. The van der Waals surface area contributed by atoms with Crippen LogP contribution in [0.2, 0.25) is 0 Å². The SMILES string of the molecule is CNc1ccc(-c2cnc3[nH]ccc3c2N2CCC3(CCNC3=O)C2)cc1C=N. The number of anilines is 2. The van der Waals surface area contributed by atoms with Crippen LogP contribution in [0.15, 0.2) is 36.7 Å². The first-order chi connectivity index (χ1) is 14.1. The second-order valence-corrected chi connectivity index (χ2v) is 7.91. The van der Waals surface area contributed by atoms with Crippen molar-refractivity contribution in [3.63, 3.8) is 0 Å². The van der Waals surface area contributed by atoms with E-state index >= 15 is 0 Å². The number of aromatic amines is 1. The van der Waals surface area contributed by atoms with Gasteiger partial charge in [0.05, 0.1) is 11.1 Å². The van der Waals surface area contributed by atoms with Crippen molar-refractivity contribution in [2.24, 2.45) is 5.41 Å². The summed E-state index contributed by atoms with van der Waals surface area (Å²) in [7, 11) is 1.86. The van der Waals surface area contributed by atoms with Crippen LogP contribution < -0.4 is 15.5 Å². The highest BCUT2D eigenvalue weighted by molar-refractivity contribution is 6.00. The minimum atomic E-state index is -0.278. The predicted molar refractivity (Wildman–Crippen MR) is 116 cm³/mol. The summed E-state index contributed by atoms with van der Waals surface area (Å²) in [6, 6.07) is 8.13. The number of rotatable bonds is 4. The number of nitrogens with one attached hydrogen (secondary N) is 4. The molecule has 2 aliphatic rings. The number of nitrogens with zero attached hydrogens (tertiary/aromatic N) is 2. The zero-order chi connectivity index (χ0) is 20.0. The largest absolute Gasteiger partial charge is 0.388 e. The average molecular weight is 388 g/mol. The van der Waals surface area contributed by atoms with E-state index in [2.05, 4.69) is 37.6 Å². The Bertz CT molecular complexity index is 1120. The first kappa shape index (κ1) is 17.7. The Hall–Kier alpha value is -3.35. The molecule has 1 amide bonds. The van der Waals surface area contributed by atoms with E-state index in [0.29, 0.717) is 0 Å². The first-order valence-corrected chi connectivity index (χ1v) is 9.97. The van der Waals surface area contributed by atoms with Gasteiger partial charge in [0, 0.05) is 67.5 Å². The summed E-state index contributed by atoms with van der Waals surface area (Å²) in [6.45, 7) is 2.34. The summed E-state index contributed by atoms with van der Waals surface area (Å²) in [4.78, 5) is 22.7. The van der Waals surface area contributed by atoms with Crippen LogP contribution in [0.3, 0.4) is 0 Å². The van der Waals surface area contributed by atoms with E-state index in [1.54, 1.807) is 0 Å². The van der Waals surface area contributed by atoms with Crippen LogP contribution in [0.5, 0.6) is 0 Å². The van der Waals surface area contributed by atoms with Crippen molar-refractivity contribution >= 4 is 34.5 Å². The van der Waals surface area contributed by atoms with E-state index < -0.39 is 0 Å². The molecule has 5 rings (SSSR count). The van der Waals surface area contributed by atoms with E-state index in [0.717, 1.165) is 71.6 Å². The van der Waals surface area contributed by atoms with E-state index in [-0.39, 0.29) is 11.3 Å². The Morgan fingerprint density at radius 2 is 2.21 bits per heavy atom. The van der Waals surface area contributed by atoms with E-state index in [1.165, 1.54) is 6.21 Å². The molecule has 4 N–H and O–H groups in total. The molecule has 2 saturated heterocycles. The molecule has 3 aromatic rings. The molecule has 1 spiro atoms. The number of benzene rings is 1. The summed E-state index contributed by atoms with van der Waals surface area (Å²) in [5.74, 6) is 0.186. The molecule has 148 valence electrons. The number of carbonyl (C=O) groups is 1. The van der Waals surface area contributed by atoms with Crippen molar-refractivity contribution in [3.05, 3.63) is 42.2 Å². The Morgan fingerprint density at radius 1 is 1.31 bits per heavy atom. The maximum atomic E-state index is 12.5. The lowest BCUT2D eigenvalue weighted by Gasteiger charge is -2.25. The summed E-state index contributed by atoms with van der Waals surface area (Å²) >= 11 is 0. The fourth-order valence-corrected chi connectivity index (χ4v) is 4.79. The standard InChI is InChI=1S/C22H24N6O/c1-24-18-3-2-14(10-15(18)11-23)17-12-27-20-16(4-7-25-20)19(17)28-9-6-22(13-28)5-8-26-21(22)29/h2-4,7,10-12,23-24H,5-6,8-9,13H2,1H3,(H,25,27)(H,26,29). The minimum absolute atomic E-state index is 0.186. The molecule has 0 aliphatic carbocycles. The van der Waals surface area contributed by atoms with Crippen molar-refractivity contribution in [1.29, 1.82) is 5.41 Å². The fourth-order valence-electron chi connectivity index (χ4n) is 4.79. The summed E-state index contributed by atoms with van der Waals surface area (Å²) < 4.78 is 0. The van der Waals surface area contributed by atoms with Gasteiger partial charge in [-0.2, -0.15) is 0 Å². The summed E-state index contributed by atoms with van der Waals surface area (Å²) in [6.07, 6.45) is 6.94. The maximum absolute atomic E-state index is 12.5. The number of aromatic nitrogens is 2. The lowest BCUT2D eigenvalue weighted by molar-refractivity contribution is -0.126. The highest BCUT2D eigenvalue weighted by Gasteiger charge is 2.48. The average Bonchev–Trinajstić information content (AvgIpc) is 3.48. The lowest BCUT2D eigenvalue weighted by atomic mass is 9.86. The van der Waals surface area contributed by atoms with Crippen LogP contribution in [0.25, 0.3) is 22.2 Å². The van der Waals surface area contributed by atoms with E-state index in [1.807, 2.05) is 31.6 Å². The molecule has 0 bridgehead atoms. The zero-order valence-electron chi connectivity index (χ0n) is 16.4. The molecule has 7 nitrogen and oxygen atoms in total. The molecule has 2 aliphatic heterocycles. The van der Waals surface area contributed by atoms with Gasteiger partial charge in [0.25, 0.3) is 0 Å². The van der Waals surface area contributed by atoms with Crippen molar-refractivity contribution in [1.82, 2.24) is 15.3 Å². The number of H-pyrrole nitrogens is 1. The summed E-state index contributed by atoms with van der Waals surface area (Å²) in [5.41, 5.74) is 5.48. The molecular formula is C22H24N6O. The molecule has 2 aromatic heterocycles. The van der Waals surface area contributed by atoms with Gasteiger partial charge < -0.3 is 25.9 Å². The number of carbonyl (C=O) groups excluding carboxylic acids is 1. The number of amides is 1. The molecule has 2 fully saturated rings. The molecule has 0 radical (unpaired) electrons. The van der Waals surface area contributed by atoms with Gasteiger partial charge in [-0.25, -0.2) is 4.98 Å². The number of pyridine rings is 1. The molecule has 0 saturated carbocycles. The Labute approximate surface area is 169 Å². The molecule has 7 heteroatoms. The second-order valence-electron chi connectivity index (χ2n) is 7.91. The number of hydrogen-bond acceptors (Lipinski definition) is 5. The second kappa shape index (κ2) is 6.62. The van der Waals surface area contributed by atoms with Crippen LogP contribution in [0, 0.1) is 10.8 Å². The third-order valence-electron chi connectivity index (χ3n) is 6.39. The fraction of sp³-hybridized carbons (Fsp3) is 0.318. The van der Waals surface area contributed by atoms with Crippen LogP contribution >= 0.6 is 0 Å². The summed E-state index contributed by atoms with van der Waals surface area (Å²) in [5, 5.41) is 15.0. The number of fused-ring (bicyclic) bond motifs is 1. The van der Waals surface area contributed by atoms with E-state index in [4.69, 9.17) is 5.41 Å². The van der Waals surface area contributed by atoms with Gasteiger partial charge in [0.15, 0.2) is 0 Å². The first-order valence-electron chi connectivity index (χ1n) is 9.97. The van der Waals surface area contributed by atoms with Crippen molar-refractivity contribution < 1.29 is 4.79 Å². The van der Waals surface area contributed by atoms with Crippen molar-refractivity contribution in [2.75, 3.05) is 36.9 Å². The van der Waals surface area contributed by atoms with Crippen molar-refractivity contribution in [3.8, 4) is 11.1 Å². The lowest BCUT2D eigenvalue weighted by Crippen LogP contribution is -2.34. The molecule has 29 heavy (non-hydrogen) atoms. The predicted octanol–water partition coefficient (Wildman–Crippen LogP) is 2.99. The van der Waals surface area contributed by atoms with Gasteiger partial charge in [-0.15, -0.1) is 0 Å². The van der Waals surface area contributed by atoms with Gasteiger partial charge in [0.2, 0.25) is 5.91 Å². The van der Waals surface area contributed by atoms with Crippen LogP contribution in [0.4, 0.5) is 11.4 Å². The third-order valence-corrected chi connectivity index (χ3v) is 6.39. The smallest absolute Gasteiger partial charge is 0.228 e. The normalized spacial score (nSPS) is 21.1.